The molecule has 0 spiro atoms. The van der Waals surface area contributed by atoms with E-state index in [4.69, 9.17) is 5.11 Å². The predicted octanol–water partition coefficient (Wildman–Crippen LogP) is 2.98. The van der Waals surface area contributed by atoms with Crippen molar-refractivity contribution in [1.82, 2.24) is 0 Å². The van der Waals surface area contributed by atoms with Gasteiger partial charge in [-0.05, 0) is 18.4 Å². The van der Waals surface area contributed by atoms with Crippen LogP contribution in [0.4, 0.5) is 5.69 Å². The highest BCUT2D eigenvalue weighted by atomic mass is 32.2. The standard InChI is InChI=1S/C15H15NO3S/c1-10(15(18)19)20-9-14(17)16-13-8-4-6-11-5-2-3-7-12(11)13/h2-8,10H,9H2,1H3,(H,16,17)(H,18,19)/t10-/m0/s1. The molecule has 0 radical (unpaired) electrons. The summed E-state index contributed by atoms with van der Waals surface area (Å²) in [5.74, 6) is -0.983. The van der Waals surface area contributed by atoms with Crippen molar-refractivity contribution in [3.63, 3.8) is 0 Å². The zero-order valence-corrected chi connectivity index (χ0v) is 11.8. The minimum Gasteiger partial charge on any atom is -0.480 e. The third-order valence-electron chi connectivity index (χ3n) is 2.88. The molecule has 2 rings (SSSR count). The lowest BCUT2D eigenvalue weighted by atomic mass is 10.1. The highest BCUT2D eigenvalue weighted by Gasteiger charge is 2.14. The smallest absolute Gasteiger partial charge is 0.316 e. The summed E-state index contributed by atoms with van der Waals surface area (Å²) in [4.78, 5) is 22.6. The highest BCUT2D eigenvalue weighted by Crippen LogP contribution is 2.23. The first-order valence-corrected chi connectivity index (χ1v) is 7.25. The van der Waals surface area contributed by atoms with Crippen LogP contribution in [0.25, 0.3) is 10.8 Å². The van der Waals surface area contributed by atoms with Crippen LogP contribution in [0.1, 0.15) is 6.92 Å². The monoisotopic (exact) mass is 289 g/mol. The number of carbonyl (C=O) groups excluding carboxylic acids is 1. The zero-order valence-electron chi connectivity index (χ0n) is 11.0. The van der Waals surface area contributed by atoms with Gasteiger partial charge in [-0.25, -0.2) is 0 Å². The van der Waals surface area contributed by atoms with Gasteiger partial charge in [0.25, 0.3) is 0 Å². The second-order valence-corrected chi connectivity index (χ2v) is 5.70. The first-order valence-electron chi connectivity index (χ1n) is 6.20. The van der Waals surface area contributed by atoms with E-state index in [1.807, 2.05) is 42.5 Å². The Bertz CT molecular complexity index is 637. The lowest BCUT2D eigenvalue weighted by molar-refractivity contribution is -0.136. The molecule has 2 N–H and O–H groups in total. The summed E-state index contributed by atoms with van der Waals surface area (Å²) in [5, 5.41) is 13.0. The van der Waals surface area contributed by atoms with Gasteiger partial charge in [0.1, 0.15) is 0 Å². The second-order valence-electron chi connectivity index (χ2n) is 4.37. The van der Waals surface area contributed by atoms with Crippen LogP contribution in [0.5, 0.6) is 0 Å². The summed E-state index contributed by atoms with van der Waals surface area (Å²) in [6.07, 6.45) is 0. The minimum atomic E-state index is -0.909. The number of hydrogen-bond acceptors (Lipinski definition) is 3. The SMILES string of the molecule is C[C@H](SCC(=O)Nc1cccc2ccccc12)C(=O)O. The Hall–Kier alpha value is -2.01. The predicted molar refractivity (Wildman–Crippen MR) is 82.1 cm³/mol. The van der Waals surface area contributed by atoms with Crippen molar-refractivity contribution in [3.05, 3.63) is 42.5 Å². The van der Waals surface area contributed by atoms with E-state index in [0.29, 0.717) is 0 Å². The van der Waals surface area contributed by atoms with Crippen LogP contribution in [0.15, 0.2) is 42.5 Å². The van der Waals surface area contributed by atoms with Crippen LogP contribution in [-0.2, 0) is 9.59 Å². The van der Waals surface area contributed by atoms with E-state index in [2.05, 4.69) is 5.32 Å². The van der Waals surface area contributed by atoms with Crippen molar-refractivity contribution in [2.75, 3.05) is 11.1 Å². The maximum atomic E-state index is 11.9. The summed E-state index contributed by atoms with van der Waals surface area (Å²) in [6.45, 7) is 1.57. The Kier molecular flexibility index (Phi) is 4.63. The molecule has 2 aromatic rings. The van der Waals surface area contributed by atoms with Gasteiger partial charge in [0.15, 0.2) is 0 Å². The average Bonchev–Trinajstić information content (AvgIpc) is 2.45. The maximum Gasteiger partial charge on any atom is 0.316 e. The molecule has 0 saturated heterocycles. The van der Waals surface area contributed by atoms with E-state index in [0.717, 1.165) is 28.2 Å². The summed E-state index contributed by atoms with van der Waals surface area (Å²) in [6, 6.07) is 13.5. The Morgan fingerprint density at radius 1 is 1.20 bits per heavy atom. The van der Waals surface area contributed by atoms with E-state index in [1.165, 1.54) is 0 Å². The van der Waals surface area contributed by atoms with Gasteiger partial charge in [-0.2, -0.15) is 0 Å². The van der Waals surface area contributed by atoms with E-state index < -0.39 is 11.2 Å². The molecule has 0 bridgehead atoms. The van der Waals surface area contributed by atoms with Gasteiger partial charge in [-0.1, -0.05) is 36.4 Å². The summed E-state index contributed by atoms with van der Waals surface area (Å²) in [5.41, 5.74) is 0.747. The molecular formula is C15H15NO3S. The number of nitrogens with one attached hydrogen (secondary N) is 1. The number of anilines is 1. The van der Waals surface area contributed by atoms with Gasteiger partial charge in [-0.3, -0.25) is 9.59 Å². The molecular weight excluding hydrogens is 274 g/mol. The Morgan fingerprint density at radius 3 is 2.65 bits per heavy atom. The normalized spacial score (nSPS) is 12.1. The highest BCUT2D eigenvalue weighted by molar-refractivity contribution is 8.01. The second kappa shape index (κ2) is 6.43. The molecule has 0 saturated carbocycles. The van der Waals surface area contributed by atoms with Crippen LogP contribution >= 0.6 is 11.8 Å². The van der Waals surface area contributed by atoms with Crippen molar-refractivity contribution in [1.29, 1.82) is 0 Å². The van der Waals surface area contributed by atoms with E-state index in [9.17, 15) is 9.59 Å². The third kappa shape index (κ3) is 3.51. The van der Waals surface area contributed by atoms with E-state index >= 15 is 0 Å². The first kappa shape index (κ1) is 14.4. The number of carbonyl (C=O) groups is 2. The van der Waals surface area contributed by atoms with Crippen molar-refractivity contribution in [2.45, 2.75) is 12.2 Å². The van der Waals surface area contributed by atoms with Crippen LogP contribution in [-0.4, -0.2) is 28.0 Å². The Labute approximate surface area is 121 Å². The number of carboxylic acid groups (broad SMARTS) is 1. The molecule has 5 heteroatoms. The van der Waals surface area contributed by atoms with Crippen molar-refractivity contribution in [3.8, 4) is 0 Å². The molecule has 0 heterocycles. The molecule has 4 nitrogen and oxygen atoms in total. The topological polar surface area (TPSA) is 66.4 Å². The van der Waals surface area contributed by atoms with Crippen molar-refractivity contribution in [2.24, 2.45) is 0 Å². The number of aliphatic carboxylic acids is 1. The average molecular weight is 289 g/mol. The van der Waals surface area contributed by atoms with Gasteiger partial charge >= 0.3 is 5.97 Å². The number of amides is 1. The molecule has 0 aliphatic rings. The number of carboxylic acids is 1. The van der Waals surface area contributed by atoms with Gasteiger partial charge < -0.3 is 10.4 Å². The molecule has 0 fully saturated rings. The van der Waals surface area contributed by atoms with Crippen LogP contribution < -0.4 is 5.32 Å². The van der Waals surface area contributed by atoms with E-state index in [1.54, 1.807) is 6.92 Å². The van der Waals surface area contributed by atoms with Gasteiger partial charge in [0, 0.05) is 11.1 Å². The molecule has 1 atom stereocenters. The molecule has 1 amide bonds. The van der Waals surface area contributed by atoms with Gasteiger partial charge in [0.2, 0.25) is 5.91 Å². The third-order valence-corrected chi connectivity index (χ3v) is 4.01. The number of hydrogen-bond donors (Lipinski definition) is 2. The number of fused-ring (bicyclic) bond motifs is 1. The number of rotatable bonds is 5. The van der Waals surface area contributed by atoms with Gasteiger partial charge in [0.05, 0.1) is 11.0 Å². The summed E-state index contributed by atoms with van der Waals surface area (Å²) < 4.78 is 0. The Morgan fingerprint density at radius 2 is 1.90 bits per heavy atom. The largest absolute Gasteiger partial charge is 0.480 e. The lowest BCUT2D eigenvalue weighted by Crippen LogP contribution is -2.19. The van der Waals surface area contributed by atoms with Crippen LogP contribution in [0.2, 0.25) is 0 Å². The summed E-state index contributed by atoms with van der Waals surface area (Å²) in [7, 11) is 0. The van der Waals surface area contributed by atoms with Crippen LogP contribution in [0.3, 0.4) is 0 Å². The maximum absolute atomic E-state index is 11.9. The fraction of sp³-hybridized carbons (Fsp3) is 0.200. The van der Waals surface area contributed by atoms with Crippen LogP contribution in [0, 0.1) is 0 Å². The molecule has 0 unspecified atom stereocenters. The molecule has 0 aliphatic heterocycles. The summed E-state index contributed by atoms with van der Waals surface area (Å²) >= 11 is 1.11. The van der Waals surface area contributed by atoms with Crippen molar-refractivity contribution < 1.29 is 14.7 Å². The van der Waals surface area contributed by atoms with Gasteiger partial charge in [-0.15, -0.1) is 11.8 Å². The van der Waals surface area contributed by atoms with E-state index in [-0.39, 0.29) is 11.7 Å². The number of benzene rings is 2. The quantitative estimate of drug-likeness (QED) is 0.888. The molecule has 2 aromatic carbocycles. The fourth-order valence-electron chi connectivity index (χ4n) is 1.79. The lowest BCUT2D eigenvalue weighted by Gasteiger charge is -2.09. The Balaban J connectivity index is 2.05. The molecule has 104 valence electrons. The van der Waals surface area contributed by atoms with Crippen molar-refractivity contribution >= 4 is 40.1 Å². The molecule has 0 aromatic heterocycles. The molecule has 20 heavy (non-hydrogen) atoms. The number of thioether (sulfide) groups is 1. The fourth-order valence-corrected chi connectivity index (χ4v) is 2.41. The first-order chi connectivity index (χ1) is 9.58. The zero-order chi connectivity index (χ0) is 14.5. The molecule has 0 aliphatic carbocycles. The minimum absolute atomic E-state index is 0.122.